The van der Waals surface area contributed by atoms with Gasteiger partial charge in [0.1, 0.15) is 18.1 Å². The highest BCUT2D eigenvalue weighted by atomic mass is 16.5. The van der Waals surface area contributed by atoms with E-state index in [-0.39, 0.29) is 30.7 Å². The van der Waals surface area contributed by atoms with Gasteiger partial charge in [-0.15, -0.1) is 0 Å². The van der Waals surface area contributed by atoms with Gasteiger partial charge in [0.15, 0.2) is 5.76 Å². The molecule has 0 saturated carbocycles. The van der Waals surface area contributed by atoms with Crippen molar-refractivity contribution in [3.05, 3.63) is 53.5 Å². The third-order valence-corrected chi connectivity index (χ3v) is 3.49. The molecule has 2 rings (SSSR count). The average Bonchev–Trinajstić information content (AvgIpc) is 3.07. The summed E-state index contributed by atoms with van der Waals surface area (Å²) in [5.74, 6) is 0.979. The molecule has 1 unspecified atom stereocenters. The predicted molar refractivity (Wildman–Crippen MR) is 87.4 cm³/mol. The van der Waals surface area contributed by atoms with Crippen molar-refractivity contribution < 1.29 is 19.1 Å². The first kappa shape index (κ1) is 17.6. The van der Waals surface area contributed by atoms with Gasteiger partial charge in [-0.1, -0.05) is 13.8 Å². The van der Waals surface area contributed by atoms with Crippen LogP contribution in [0.2, 0.25) is 0 Å². The number of nitriles is 1. The molecule has 24 heavy (non-hydrogen) atoms. The summed E-state index contributed by atoms with van der Waals surface area (Å²) < 4.78 is 11.0. The molecule has 2 N–H and O–H groups in total. The summed E-state index contributed by atoms with van der Waals surface area (Å²) in [6.45, 7) is 4.10. The van der Waals surface area contributed by atoms with E-state index in [2.05, 4.69) is 5.32 Å². The van der Waals surface area contributed by atoms with Crippen molar-refractivity contribution in [2.45, 2.75) is 26.6 Å². The van der Waals surface area contributed by atoms with Crippen molar-refractivity contribution in [1.29, 1.82) is 5.26 Å². The molecule has 1 amide bonds. The van der Waals surface area contributed by atoms with Crippen LogP contribution in [0.1, 0.15) is 35.7 Å². The standard InChI is InChI=1S/C18H20N2O4/c1-12(2)16(21)10-20-18(22)17-8-7-15(24-17)11-23-14-5-3-13(9-19)4-6-14/h3-8,12,16,21H,10-11H2,1-2H3,(H,20,22). The Bertz CT molecular complexity index is 713. The van der Waals surface area contributed by atoms with E-state index in [0.717, 1.165) is 0 Å². The maximum atomic E-state index is 11.9. The molecule has 0 spiro atoms. The number of amides is 1. The summed E-state index contributed by atoms with van der Waals surface area (Å²) in [6.07, 6.45) is -0.594. The Balaban J connectivity index is 1.86. The summed E-state index contributed by atoms with van der Waals surface area (Å²) >= 11 is 0. The molecule has 0 aliphatic rings. The normalized spacial score (nSPS) is 11.8. The fraction of sp³-hybridized carbons (Fsp3) is 0.333. The van der Waals surface area contributed by atoms with Crippen LogP contribution < -0.4 is 10.1 Å². The van der Waals surface area contributed by atoms with Gasteiger partial charge in [-0.05, 0) is 42.3 Å². The summed E-state index contributed by atoms with van der Waals surface area (Å²) in [7, 11) is 0. The molecule has 0 aliphatic carbocycles. The number of hydrogen-bond donors (Lipinski definition) is 2. The van der Waals surface area contributed by atoms with Gasteiger partial charge >= 0.3 is 0 Å². The summed E-state index contributed by atoms with van der Waals surface area (Å²) in [6, 6.07) is 12.0. The third kappa shape index (κ3) is 4.86. The lowest BCUT2D eigenvalue weighted by Gasteiger charge is -2.14. The minimum absolute atomic E-state index is 0.0679. The second-order valence-corrected chi connectivity index (χ2v) is 5.71. The number of nitrogens with one attached hydrogen (secondary N) is 1. The van der Waals surface area contributed by atoms with Crippen LogP contribution >= 0.6 is 0 Å². The van der Waals surface area contributed by atoms with Crippen molar-refractivity contribution in [3.8, 4) is 11.8 Å². The lowest BCUT2D eigenvalue weighted by molar-refractivity contribution is 0.0843. The number of aliphatic hydroxyl groups is 1. The minimum atomic E-state index is -0.594. The van der Waals surface area contributed by atoms with Gasteiger partial charge in [0.2, 0.25) is 0 Å². The molecule has 0 aliphatic heterocycles. The number of rotatable bonds is 7. The van der Waals surface area contributed by atoms with Crippen LogP contribution in [-0.2, 0) is 6.61 Å². The molecule has 0 fully saturated rings. The number of ether oxygens (including phenoxy) is 1. The zero-order valence-corrected chi connectivity index (χ0v) is 13.7. The maximum absolute atomic E-state index is 11.9. The first-order valence-electron chi connectivity index (χ1n) is 7.67. The molecule has 0 bridgehead atoms. The molecule has 1 aromatic carbocycles. The quantitative estimate of drug-likeness (QED) is 0.814. The Morgan fingerprint density at radius 2 is 2.00 bits per heavy atom. The van der Waals surface area contributed by atoms with Crippen molar-refractivity contribution in [2.24, 2.45) is 5.92 Å². The number of carbonyl (C=O) groups excluding carboxylic acids is 1. The van der Waals surface area contributed by atoms with Crippen LogP contribution in [0, 0.1) is 17.2 Å². The van der Waals surface area contributed by atoms with Crippen LogP contribution in [0.3, 0.4) is 0 Å². The number of carbonyl (C=O) groups is 1. The van der Waals surface area contributed by atoms with Gasteiger partial charge in [0, 0.05) is 6.54 Å². The second-order valence-electron chi connectivity index (χ2n) is 5.71. The Labute approximate surface area is 140 Å². The molecule has 6 nitrogen and oxygen atoms in total. The van der Waals surface area contributed by atoms with Crippen LogP contribution in [0.25, 0.3) is 0 Å². The highest BCUT2D eigenvalue weighted by Crippen LogP contribution is 2.15. The Morgan fingerprint density at radius 3 is 2.62 bits per heavy atom. The van der Waals surface area contributed by atoms with Crippen molar-refractivity contribution in [3.63, 3.8) is 0 Å². The fourth-order valence-corrected chi connectivity index (χ4v) is 1.88. The summed E-state index contributed by atoms with van der Waals surface area (Å²) in [5.41, 5.74) is 0.558. The fourth-order valence-electron chi connectivity index (χ4n) is 1.88. The van der Waals surface area contributed by atoms with E-state index in [1.54, 1.807) is 36.4 Å². The number of hydrogen-bond acceptors (Lipinski definition) is 5. The largest absolute Gasteiger partial charge is 0.486 e. The van der Waals surface area contributed by atoms with Gasteiger partial charge in [-0.25, -0.2) is 0 Å². The van der Waals surface area contributed by atoms with Crippen LogP contribution in [0.4, 0.5) is 0 Å². The van der Waals surface area contributed by atoms with E-state index in [1.807, 2.05) is 19.9 Å². The predicted octanol–water partition coefficient (Wildman–Crippen LogP) is 2.48. The molecular weight excluding hydrogens is 308 g/mol. The first-order valence-corrected chi connectivity index (χ1v) is 7.67. The highest BCUT2D eigenvalue weighted by Gasteiger charge is 2.15. The van der Waals surface area contributed by atoms with Gasteiger partial charge in [0.25, 0.3) is 5.91 Å². The summed E-state index contributed by atoms with van der Waals surface area (Å²) in [4.78, 5) is 11.9. The number of furan rings is 1. The zero-order valence-electron chi connectivity index (χ0n) is 13.7. The molecule has 2 aromatic rings. The van der Waals surface area contributed by atoms with Crippen LogP contribution in [0.5, 0.6) is 5.75 Å². The lowest BCUT2D eigenvalue weighted by Crippen LogP contribution is -2.34. The van der Waals surface area contributed by atoms with Gasteiger partial charge in [0.05, 0.1) is 17.7 Å². The van der Waals surface area contributed by atoms with Crippen LogP contribution in [-0.4, -0.2) is 23.7 Å². The Kier molecular flexibility index (Phi) is 5.99. The average molecular weight is 328 g/mol. The molecular formula is C18H20N2O4. The second kappa shape index (κ2) is 8.18. The van der Waals surface area contributed by atoms with Crippen LogP contribution in [0.15, 0.2) is 40.8 Å². The van der Waals surface area contributed by atoms with E-state index in [1.165, 1.54) is 0 Å². The molecule has 1 aromatic heterocycles. The molecule has 1 heterocycles. The Hall–Kier alpha value is -2.78. The van der Waals surface area contributed by atoms with Gasteiger partial charge < -0.3 is 19.6 Å². The molecule has 6 heteroatoms. The van der Waals surface area contributed by atoms with Crippen molar-refractivity contribution in [2.75, 3.05) is 6.54 Å². The molecule has 126 valence electrons. The van der Waals surface area contributed by atoms with Gasteiger partial charge in [-0.3, -0.25) is 4.79 Å². The smallest absolute Gasteiger partial charge is 0.287 e. The lowest BCUT2D eigenvalue weighted by atomic mass is 10.1. The number of aliphatic hydroxyl groups excluding tert-OH is 1. The van der Waals surface area contributed by atoms with Gasteiger partial charge in [-0.2, -0.15) is 5.26 Å². The zero-order chi connectivity index (χ0) is 17.5. The SMILES string of the molecule is CC(C)C(O)CNC(=O)c1ccc(COc2ccc(C#N)cc2)o1. The monoisotopic (exact) mass is 328 g/mol. The van der Waals surface area contributed by atoms with Crippen molar-refractivity contribution >= 4 is 5.91 Å². The number of nitrogens with zero attached hydrogens (tertiary/aromatic N) is 1. The van der Waals surface area contributed by atoms with E-state index in [0.29, 0.717) is 17.1 Å². The highest BCUT2D eigenvalue weighted by molar-refractivity contribution is 5.91. The van der Waals surface area contributed by atoms with E-state index < -0.39 is 6.10 Å². The summed E-state index contributed by atoms with van der Waals surface area (Å²) in [5, 5.41) is 21.1. The maximum Gasteiger partial charge on any atom is 0.287 e. The van der Waals surface area contributed by atoms with Crippen molar-refractivity contribution in [1.82, 2.24) is 5.32 Å². The topological polar surface area (TPSA) is 95.5 Å². The van der Waals surface area contributed by atoms with E-state index in [4.69, 9.17) is 14.4 Å². The van der Waals surface area contributed by atoms with E-state index in [9.17, 15) is 9.90 Å². The number of benzene rings is 1. The molecule has 0 radical (unpaired) electrons. The van der Waals surface area contributed by atoms with E-state index >= 15 is 0 Å². The minimum Gasteiger partial charge on any atom is -0.486 e. The molecule has 1 atom stereocenters. The third-order valence-electron chi connectivity index (χ3n) is 3.49. The Morgan fingerprint density at radius 1 is 1.29 bits per heavy atom. The molecule has 0 saturated heterocycles. The first-order chi connectivity index (χ1) is 11.5.